The predicted octanol–water partition coefficient (Wildman–Crippen LogP) is 2.23. The molecule has 2 rings (SSSR count). The van der Waals surface area contributed by atoms with E-state index in [1.165, 1.54) is 0 Å². The molecule has 5 nitrogen and oxygen atoms in total. The maximum Gasteiger partial charge on any atom is 0.255 e. The van der Waals surface area contributed by atoms with Crippen molar-refractivity contribution in [3.63, 3.8) is 0 Å². The molecule has 0 spiro atoms. The Morgan fingerprint density at radius 2 is 2.10 bits per heavy atom. The Morgan fingerprint density at radius 3 is 2.85 bits per heavy atom. The Labute approximate surface area is 118 Å². The number of hydrogen-bond donors (Lipinski definition) is 2. The van der Waals surface area contributed by atoms with Crippen molar-refractivity contribution in [1.82, 2.24) is 15.3 Å². The van der Waals surface area contributed by atoms with Crippen LogP contribution in [0, 0.1) is 0 Å². The van der Waals surface area contributed by atoms with Gasteiger partial charge < -0.3 is 10.6 Å². The monoisotopic (exact) mass is 270 g/mol. The summed E-state index contributed by atoms with van der Waals surface area (Å²) in [5, 5.41) is 6.03. The largest absolute Gasteiger partial charge is 0.369 e. The Hall–Kier alpha value is -2.43. The minimum Gasteiger partial charge on any atom is -0.369 e. The summed E-state index contributed by atoms with van der Waals surface area (Å²) in [5.41, 5.74) is 1.53. The van der Waals surface area contributed by atoms with Gasteiger partial charge in [0, 0.05) is 31.7 Å². The van der Waals surface area contributed by atoms with Crippen LogP contribution in [0.1, 0.15) is 29.3 Å². The lowest BCUT2D eigenvalue weighted by Crippen LogP contribution is -2.24. The van der Waals surface area contributed by atoms with Crippen molar-refractivity contribution in [3.8, 4) is 0 Å². The minimum atomic E-state index is -0.138. The van der Waals surface area contributed by atoms with Gasteiger partial charge in [0.15, 0.2) is 0 Å². The summed E-state index contributed by atoms with van der Waals surface area (Å²) >= 11 is 0. The van der Waals surface area contributed by atoms with E-state index in [4.69, 9.17) is 0 Å². The average Bonchev–Trinajstić information content (AvgIpc) is 2.52. The molecule has 104 valence electrons. The highest BCUT2D eigenvalue weighted by Gasteiger charge is 2.11. The van der Waals surface area contributed by atoms with E-state index in [9.17, 15) is 4.79 Å². The molecule has 5 heteroatoms. The molecule has 0 bridgehead atoms. The highest BCUT2D eigenvalue weighted by atomic mass is 16.1. The molecule has 2 aromatic heterocycles. The zero-order chi connectivity index (χ0) is 14.2. The van der Waals surface area contributed by atoms with Crippen LogP contribution in [0.4, 0.5) is 5.82 Å². The van der Waals surface area contributed by atoms with Gasteiger partial charge in [0.2, 0.25) is 0 Å². The third-order valence-corrected chi connectivity index (χ3v) is 2.77. The van der Waals surface area contributed by atoms with E-state index in [2.05, 4.69) is 27.5 Å². The van der Waals surface area contributed by atoms with Gasteiger partial charge in [0.05, 0.1) is 5.56 Å². The van der Waals surface area contributed by atoms with Crippen LogP contribution in [-0.2, 0) is 6.54 Å². The van der Waals surface area contributed by atoms with Gasteiger partial charge >= 0.3 is 0 Å². The number of carbonyl (C=O) groups excluding carboxylic acids is 1. The van der Waals surface area contributed by atoms with Crippen molar-refractivity contribution in [2.45, 2.75) is 19.9 Å². The summed E-state index contributed by atoms with van der Waals surface area (Å²) in [6.07, 6.45) is 6.10. The first-order chi connectivity index (χ1) is 9.81. The average molecular weight is 270 g/mol. The highest BCUT2D eigenvalue weighted by molar-refractivity contribution is 5.98. The molecule has 0 aliphatic heterocycles. The summed E-state index contributed by atoms with van der Waals surface area (Å²) in [7, 11) is 0. The van der Waals surface area contributed by atoms with Gasteiger partial charge in [-0.1, -0.05) is 13.0 Å². The summed E-state index contributed by atoms with van der Waals surface area (Å²) in [4.78, 5) is 20.4. The maximum absolute atomic E-state index is 12.2. The van der Waals surface area contributed by atoms with Gasteiger partial charge in [0.25, 0.3) is 5.91 Å². The maximum atomic E-state index is 12.2. The molecule has 1 amide bonds. The Morgan fingerprint density at radius 1 is 1.25 bits per heavy atom. The molecule has 20 heavy (non-hydrogen) atoms. The molecule has 2 heterocycles. The molecule has 0 aliphatic carbocycles. The molecule has 2 aromatic rings. The number of aromatic nitrogens is 2. The Balaban J connectivity index is 2.01. The fourth-order valence-electron chi connectivity index (χ4n) is 1.75. The van der Waals surface area contributed by atoms with Gasteiger partial charge in [-0.2, -0.15) is 0 Å². The van der Waals surface area contributed by atoms with Gasteiger partial charge in [-0.05, 0) is 30.2 Å². The van der Waals surface area contributed by atoms with Crippen LogP contribution in [0.15, 0.2) is 42.9 Å². The smallest absolute Gasteiger partial charge is 0.255 e. The number of hydrogen-bond acceptors (Lipinski definition) is 4. The Kier molecular flexibility index (Phi) is 5.06. The van der Waals surface area contributed by atoms with Crippen molar-refractivity contribution in [1.29, 1.82) is 0 Å². The number of amides is 1. The fraction of sp³-hybridized carbons (Fsp3) is 0.267. The number of nitrogens with zero attached hydrogens (tertiary/aromatic N) is 2. The molecule has 0 aromatic carbocycles. The second kappa shape index (κ2) is 7.23. The van der Waals surface area contributed by atoms with Gasteiger partial charge in [-0.3, -0.25) is 9.78 Å². The molecule has 0 fully saturated rings. The summed E-state index contributed by atoms with van der Waals surface area (Å²) in [6, 6.07) is 7.30. The third-order valence-electron chi connectivity index (χ3n) is 2.77. The van der Waals surface area contributed by atoms with Gasteiger partial charge in [0.1, 0.15) is 5.82 Å². The van der Waals surface area contributed by atoms with Crippen LogP contribution in [0.2, 0.25) is 0 Å². The third kappa shape index (κ3) is 3.78. The zero-order valence-corrected chi connectivity index (χ0v) is 11.5. The summed E-state index contributed by atoms with van der Waals surface area (Å²) in [6.45, 7) is 3.31. The minimum absolute atomic E-state index is 0.138. The molecule has 0 atom stereocenters. The van der Waals surface area contributed by atoms with E-state index in [-0.39, 0.29) is 5.91 Å². The molecular formula is C15H18N4O. The first kappa shape index (κ1) is 14.0. The normalized spacial score (nSPS) is 10.1. The van der Waals surface area contributed by atoms with Crippen LogP contribution in [0.5, 0.6) is 0 Å². The van der Waals surface area contributed by atoms with E-state index in [0.29, 0.717) is 17.9 Å². The number of pyridine rings is 2. The van der Waals surface area contributed by atoms with E-state index in [1.807, 2.05) is 12.1 Å². The lowest BCUT2D eigenvalue weighted by molar-refractivity contribution is 0.0951. The molecule has 0 aliphatic rings. The second-order valence-electron chi connectivity index (χ2n) is 4.37. The van der Waals surface area contributed by atoms with E-state index < -0.39 is 0 Å². The summed E-state index contributed by atoms with van der Waals surface area (Å²) in [5.74, 6) is 0.485. The molecule has 2 N–H and O–H groups in total. The lowest BCUT2D eigenvalue weighted by atomic mass is 10.2. The summed E-state index contributed by atoms with van der Waals surface area (Å²) < 4.78 is 0. The van der Waals surface area contributed by atoms with Crippen molar-refractivity contribution >= 4 is 11.7 Å². The number of carbonyl (C=O) groups is 1. The Bertz CT molecular complexity index is 557. The van der Waals surface area contributed by atoms with Crippen LogP contribution in [0.3, 0.4) is 0 Å². The number of nitrogens with one attached hydrogen (secondary N) is 2. The SMILES string of the molecule is CCCNc1ncccc1C(=O)NCc1cccnc1. The van der Waals surface area contributed by atoms with Crippen LogP contribution in [0.25, 0.3) is 0 Å². The first-order valence-corrected chi connectivity index (χ1v) is 6.67. The fourth-order valence-corrected chi connectivity index (χ4v) is 1.75. The van der Waals surface area contributed by atoms with Crippen LogP contribution < -0.4 is 10.6 Å². The standard InChI is InChI=1S/C15H18N4O/c1-2-7-17-14-13(6-4-9-18-14)15(20)19-11-12-5-3-8-16-10-12/h3-6,8-10H,2,7,11H2,1H3,(H,17,18)(H,19,20). The number of anilines is 1. The van der Waals surface area contributed by atoms with Crippen molar-refractivity contribution in [3.05, 3.63) is 54.0 Å². The first-order valence-electron chi connectivity index (χ1n) is 6.67. The molecular weight excluding hydrogens is 252 g/mol. The molecule has 0 radical (unpaired) electrons. The lowest BCUT2D eigenvalue weighted by Gasteiger charge is -2.10. The van der Waals surface area contributed by atoms with Crippen LogP contribution in [-0.4, -0.2) is 22.4 Å². The van der Waals surface area contributed by atoms with E-state index in [0.717, 1.165) is 18.5 Å². The van der Waals surface area contributed by atoms with Gasteiger partial charge in [-0.25, -0.2) is 4.98 Å². The van der Waals surface area contributed by atoms with Gasteiger partial charge in [-0.15, -0.1) is 0 Å². The highest BCUT2D eigenvalue weighted by Crippen LogP contribution is 2.11. The molecule has 0 unspecified atom stereocenters. The van der Waals surface area contributed by atoms with Crippen molar-refractivity contribution < 1.29 is 4.79 Å². The van der Waals surface area contributed by atoms with E-state index in [1.54, 1.807) is 30.7 Å². The number of rotatable bonds is 6. The quantitative estimate of drug-likeness (QED) is 0.844. The van der Waals surface area contributed by atoms with Crippen molar-refractivity contribution in [2.24, 2.45) is 0 Å². The predicted molar refractivity (Wildman–Crippen MR) is 78.4 cm³/mol. The van der Waals surface area contributed by atoms with Crippen molar-refractivity contribution in [2.75, 3.05) is 11.9 Å². The van der Waals surface area contributed by atoms with Crippen LogP contribution >= 0.6 is 0 Å². The second-order valence-corrected chi connectivity index (χ2v) is 4.37. The topological polar surface area (TPSA) is 66.9 Å². The zero-order valence-electron chi connectivity index (χ0n) is 11.5. The van der Waals surface area contributed by atoms with E-state index >= 15 is 0 Å². The molecule has 0 saturated heterocycles. The molecule has 0 saturated carbocycles.